The van der Waals surface area contributed by atoms with Crippen molar-refractivity contribution in [2.45, 2.75) is 59.4 Å². The minimum atomic E-state index is -4.51. The fourth-order valence-electron chi connectivity index (χ4n) is 3.94. The number of benzene rings is 1. The molecule has 37 heavy (non-hydrogen) atoms. The Morgan fingerprint density at radius 2 is 1.84 bits per heavy atom. The van der Waals surface area contributed by atoms with Gasteiger partial charge in [0.05, 0.1) is 23.2 Å². The van der Waals surface area contributed by atoms with Gasteiger partial charge in [0.2, 0.25) is 0 Å². The van der Waals surface area contributed by atoms with Crippen LogP contribution < -0.4 is 11.2 Å². The highest BCUT2D eigenvalue weighted by atomic mass is 19.4. The maximum atomic E-state index is 13.3. The predicted molar refractivity (Wildman–Crippen MR) is 133 cm³/mol. The summed E-state index contributed by atoms with van der Waals surface area (Å²) in [7, 11) is 0. The Balaban J connectivity index is 2.03. The van der Waals surface area contributed by atoms with Crippen LogP contribution in [0, 0.1) is 16.0 Å². The zero-order chi connectivity index (χ0) is 27.3. The molecule has 0 aliphatic heterocycles. The van der Waals surface area contributed by atoms with Crippen molar-refractivity contribution in [3.8, 4) is 0 Å². The second-order valence-corrected chi connectivity index (χ2v) is 9.05. The lowest BCUT2D eigenvalue weighted by Crippen LogP contribution is -2.43. The first-order chi connectivity index (χ1) is 17.4. The summed E-state index contributed by atoms with van der Waals surface area (Å²) >= 11 is 0. The summed E-state index contributed by atoms with van der Waals surface area (Å²) < 4.78 is 43.4. The molecule has 0 radical (unpaired) electrons. The maximum absolute atomic E-state index is 13.3. The number of alkyl halides is 3. The van der Waals surface area contributed by atoms with Crippen LogP contribution in [0.5, 0.6) is 0 Å². The summed E-state index contributed by atoms with van der Waals surface area (Å²) in [4.78, 5) is 37.1. The Labute approximate surface area is 210 Å². The predicted octanol–water partition coefficient (Wildman–Crippen LogP) is 4.81. The van der Waals surface area contributed by atoms with E-state index in [1.165, 1.54) is 52.0 Å². The van der Waals surface area contributed by atoms with E-state index in [1.807, 2.05) is 6.92 Å². The van der Waals surface area contributed by atoms with Gasteiger partial charge in [-0.3, -0.25) is 28.7 Å². The molecule has 3 aromatic rings. The molecule has 9 nitrogen and oxygen atoms in total. The molecule has 0 saturated carbocycles. The molecule has 0 unspecified atom stereocenters. The molecule has 0 N–H and O–H groups in total. The number of unbranched alkanes of at least 4 members (excludes halogenated alkanes) is 1. The van der Waals surface area contributed by atoms with Gasteiger partial charge in [-0.05, 0) is 36.1 Å². The third-order valence-corrected chi connectivity index (χ3v) is 5.65. The van der Waals surface area contributed by atoms with Gasteiger partial charge in [-0.2, -0.15) is 18.3 Å². The molecule has 198 valence electrons. The van der Waals surface area contributed by atoms with Gasteiger partial charge < -0.3 is 0 Å². The third kappa shape index (κ3) is 6.43. The van der Waals surface area contributed by atoms with E-state index in [4.69, 9.17) is 0 Å². The lowest BCUT2D eigenvalue weighted by molar-refractivity contribution is -0.387. The summed E-state index contributed by atoms with van der Waals surface area (Å²) in [6.07, 6.45) is 2.38. The van der Waals surface area contributed by atoms with Crippen LogP contribution in [0.15, 0.2) is 46.2 Å². The first-order valence-electron chi connectivity index (χ1n) is 11.8. The molecule has 1 aromatic carbocycles. The number of nitro groups is 1. The molecule has 2 heterocycles. The smallest absolute Gasteiger partial charge is 0.287 e. The lowest BCUT2D eigenvalue weighted by Gasteiger charge is -2.15. The molecule has 0 atom stereocenters. The molecule has 0 spiro atoms. The number of aromatic nitrogens is 4. The first kappa shape index (κ1) is 27.6. The topological polar surface area (TPSA) is 105 Å². The van der Waals surface area contributed by atoms with E-state index in [0.29, 0.717) is 12.0 Å². The van der Waals surface area contributed by atoms with Crippen LogP contribution in [-0.2, 0) is 25.8 Å². The SMILES string of the molecule is CCCCn1c(/C=C/c2cnn(Cc3ccccc3C(F)(F)F)c2)c([N+](=O)[O-])c(=O)n(CC(C)C)c1=O. The Bertz CT molecular complexity index is 1420. The van der Waals surface area contributed by atoms with E-state index in [2.05, 4.69) is 5.10 Å². The van der Waals surface area contributed by atoms with Crippen LogP contribution in [0.25, 0.3) is 12.2 Å². The highest BCUT2D eigenvalue weighted by molar-refractivity contribution is 5.71. The average Bonchev–Trinajstić information content (AvgIpc) is 3.26. The van der Waals surface area contributed by atoms with E-state index in [-0.39, 0.29) is 36.8 Å². The van der Waals surface area contributed by atoms with E-state index < -0.39 is 33.6 Å². The minimum Gasteiger partial charge on any atom is -0.287 e. The largest absolute Gasteiger partial charge is 0.416 e. The van der Waals surface area contributed by atoms with Gasteiger partial charge in [-0.15, -0.1) is 0 Å². The molecule has 12 heteroatoms. The molecule has 2 aromatic heterocycles. The Kier molecular flexibility index (Phi) is 8.51. The highest BCUT2D eigenvalue weighted by Gasteiger charge is 2.33. The van der Waals surface area contributed by atoms with Gasteiger partial charge in [-0.25, -0.2) is 4.79 Å². The standard InChI is InChI=1S/C25H28F3N5O4/c1-4-5-12-31-21(22(33(36)37)23(34)32(24(31)35)14-17(2)3)11-10-18-13-29-30(15-18)16-19-8-6-7-9-20(19)25(26,27)28/h6-11,13,15,17H,4-5,12,14,16H2,1-3H3/b11-10+. The fraction of sp³-hybridized carbons (Fsp3) is 0.400. The average molecular weight is 520 g/mol. The Morgan fingerprint density at radius 3 is 2.46 bits per heavy atom. The van der Waals surface area contributed by atoms with Crippen LogP contribution in [0.4, 0.5) is 18.9 Å². The second kappa shape index (κ2) is 11.4. The number of hydrogen-bond acceptors (Lipinski definition) is 5. The Hall–Kier alpha value is -3.96. The molecule has 0 saturated heterocycles. The quantitative estimate of drug-likeness (QED) is 0.282. The van der Waals surface area contributed by atoms with Crippen molar-refractivity contribution in [2.24, 2.45) is 5.92 Å². The van der Waals surface area contributed by atoms with Crippen LogP contribution >= 0.6 is 0 Å². The van der Waals surface area contributed by atoms with E-state index in [1.54, 1.807) is 13.8 Å². The number of nitrogens with zero attached hydrogens (tertiary/aromatic N) is 5. The van der Waals surface area contributed by atoms with Crippen molar-refractivity contribution in [3.05, 3.63) is 90.0 Å². The lowest BCUT2D eigenvalue weighted by atomic mass is 10.1. The van der Waals surface area contributed by atoms with Gasteiger partial charge in [0.15, 0.2) is 0 Å². The van der Waals surface area contributed by atoms with Gasteiger partial charge >= 0.3 is 23.1 Å². The highest BCUT2D eigenvalue weighted by Crippen LogP contribution is 2.32. The van der Waals surface area contributed by atoms with Crippen molar-refractivity contribution in [3.63, 3.8) is 0 Å². The molecule has 3 rings (SSSR count). The van der Waals surface area contributed by atoms with Crippen molar-refractivity contribution < 1.29 is 18.1 Å². The fourth-order valence-corrected chi connectivity index (χ4v) is 3.94. The van der Waals surface area contributed by atoms with Crippen LogP contribution in [-0.4, -0.2) is 23.8 Å². The van der Waals surface area contributed by atoms with Gasteiger partial charge in [0.25, 0.3) is 0 Å². The van der Waals surface area contributed by atoms with Gasteiger partial charge in [0, 0.05) is 24.8 Å². The molecular formula is C25H28F3N5O4. The summed E-state index contributed by atoms with van der Waals surface area (Å²) in [6, 6.07) is 5.17. The monoisotopic (exact) mass is 519 g/mol. The molecular weight excluding hydrogens is 491 g/mol. The van der Waals surface area contributed by atoms with Crippen LogP contribution in [0.1, 0.15) is 56.0 Å². The van der Waals surface area contributed by atoms with Crippen LogP contribution in [0.3, 0.4) is 0 Å². The molecule has 0 aliphatic rings. The molecule has 0 fully saturated rings. The van der Waals surface area contributed by atoms with Crippen LogP contribution in [0.2, 0.25) is 0 Å². The zero-order valence-electron chi connectivity index (χ0n) is 20.7. The van der Waals surface area contributed by atoms with Gasteiger partial charge in [0.1, 0.15) is 5.69 Å². The van der Waals surface area contributed by atoms with Crippen molar-refractivity contribution in [2.75, 3.05) is 0 Å². The molecule has 0 aliphatic carbocycles. The van der Waals surface area contributed by atoms with Crippen molar-refractivity contribution in [1.29, 1.82) is 0 Å². The Morgan fingerprint density at radius 1 is 1.14 bits per heavy atom. The third-order valence-electron chi connectivity index (χ3n) is 5.65. The van der Waals surface area contributed by atoms with E-state index >= 15 is 0 Å². The van der Waals surface area contributed by atoms with Crippen molar-refractivity contribution in [1.82, 2.24) is 18.9 Å². The summed E-state index contributed by atoms with van der Waals surface area (Å²) in [5.41, 5.74) is -2.75. The second-order valence-electron chi connectivity index (χ2n) is 9.05. The molecule has 0 amide bonds. The van der Waals surface area contributed by atoms with E-state index in [0.717, 1.165) is 17.1 Å². The number of rotatable bonds is 10. The minimum absolute atomic E-state index is 0.0337. The van der Waals surface area contributed by atoms with Crippen molar-refractivity contribution >= 4 is 17.8 Å². The van der Waals surface area contributed by atoms with Gasteiger partial charge in [-0.1, -0.05) is 45.4 Å². The first-order valence-corrected chi connectivity index (χ1v) is 11.8. The summed E-state index contributed by atoms with van der Waals surface area (Å²) in [6.45, 7) is 5.59. The normalized spacial score (nSPS) is 12.1. The summed E-state index contributed by atoms with van der Waals surface area (Å²) in [5, 5.41) is 16.0. The summed E-state index contributed by atoms with van der Waals surface area (Å²) in [5.74, 6) is -0.0839. The zero-order valence-corrected chi connectivity index (χ0v) is 20.7. The maximum Gasteiger partial charge on any atom is 0.416 e. The number of hydrogen-bond donors (Lipinski definition) is 0. The molecule has 0 bridgehead atoms. The van der Waals surface area contributed by atoms with E-state index in [9.17, 15) is 32.9 Å². The number of halogens is 3.